The van der Waals surface area contributed by atoms with Crippen LogP contribution in [-0.4, -0.2) is 22.7 Å². The van der Waals surface area contributed by atoms with Crippen LogP contribution >= 0.6 is 0 Å². The summed E-state index contributed by atoms with van der Waals surface area (Å²) >= 11 is 0. The first-order chi connectivity index (χ1) is 10.1. The summed E-state index contributed by atoms with van der Waals surface area (Å²) in [6, 6.07) is 7.27. The summed E-state index contributed by atoms with van der Waals surface area (Å²) in [5, 5.41) is 9.94. The minimum absolute atomic E-state index is 0.239. The molecule has 0 aliphatic rings. The molecule has 2 rings (SSSR count). The molecular formula is C17H21NO3. The maximum atomic E-state index is 11.2. The van der Waals surface area contributed by atoms with Crippen molar-refractivity contribution < 1.29 is 14.6 Å². The third kappa shape index (κ3) is 3.94. The van der Waals surface area contributed by atoms with E-state index >= 15 is 0 Å². The van der Waals surface area contributed by atoms with Crippen LogP contribution in [0.1, 0.15) is 48.7 Å². The fraction of sp³-hybridized carbons (Fsp3) is 0.412. The van der Waals surface area contributed by atoms with E-state index in [0.717, 1.165) is 23.1 Å². The number of fused-ring (bicyclic) bond motifs is 1. The smallest absolute Gasteiger partial charge is 0.337 e. The molecule has 1 aromatic carbocycles. The number of carboxylic acids is 1. The molecule has 4 heteroatoms. The maximum Gasteiger partial charge on any atom is 0.337 e. The third-order valence-electron chi connectivity index (χ3n) is 3.47. The molecule has 2 aromatic rings. The highest BCUT2D eigenvalue weighted by molar-refractivity contribution is 5.94. The molecule has 1 heterocycles. The van der Waals surface area contributed by atoms with Gasteiger partial charge in [0.2, 0.25) is 0 Å². The molecule has 0 amide bonds. The van der Waals surface area contributed by atoms with E-state index in [1.54, 1.807) is 13.0 Å². The summed E-state index contributed by atoms with van der Waals surface area (Å²) in [4.78, 5) is 15.5. The van der Waals surface area contributed by atoms with Gasteiger partial charge in [0.15, 0.2) is 0 Å². The van der Waals surface area contributed by atoms with Crippen LogP contribution in [0.3, 0.4) is 0 Å². The number of aromatic carboxylic acids is 1. The SMILES string of the molecule is CCCCCCOc1ccc2nc(C)c(C(=O)O)cc2c1. The van der Waals surface area contributed by atoms with Crippen LogP contribution in [0.4, 0.5) is 0 Å². The lowest BCUT2D eigenvalue weighted by atomic mass is 10.1. The molecule has 0 unspecified atom stereocenters. The fourth-order valence-corrected chi connectivity index (χ4v) is 2.28. The number of hydrogen-bond acceptors (Lipinski definition) is 3. The van der Waals surface area contributed by atoms with Gasteiger partial charge >= 0.3 is 5.97 Å². The van der Waals surface area contributed by atoms with Crippen molar-refractivity contribution in [3.05, 3.63) is 35.5 Å². The molecule has 1 aromatic heterocycles. The molecule has 0 radical (unpaired) electrons. The molecule has 0 aliphatic carbocycles. The van der Waals surface area contributed by atoms with Crippen LogP contribution in [-0.2, 0) is 0 Å². The predicted octanol–water partition coefficient (Wildman–Crippen LogP) is 4.20. The Morgan fingerprint density at radius 2 is 2.05 bits per heavy atom. The van der Waals surface area contributed by atoms with Gasteiger partial charge in [-0.25, -0.2) is 4.79 Å². The predicted molar refractivity (Wildman–Crippen MR) is 83.1 cm³/mol. The van der Waals surface area contributed by atoms with Gasteiger partial charge < -0.3 is 9.84 Å². The second kappa shape index (κ2) is 7.07. The molecule has 0 spiro atoms. The first kappa shape index (κ1) is 15.3. The quantitative estimate of drug-likeness (QED) is 0.775. The number of nitrogens with zero attached hydrogens (tertiary/aromatic N) is 1. The van der Waals surface area contributed by atoms with Crippen molar-refractivity contribution in [2.45, 2.75) is 39.5 Å². The molecular weight excluding hydrogens is 266 g/mol. The van der Waals surface area contributed by atoms with E-state index in [1.807, 2.05) is 18.2 Å². The zero-order valence-corrected chi connectivity index (χ0v) is 12.6. The highest BCUT2D eigenvalue weighted by Crippen LogP contribution is 2.22. The number of pyridine rings is 1. The molecule has 0 fully saturated rings. The number of benzene rings is 1. The Kier molecular flexibility index (Phi) is 5.14. The minimum Gasteiger partial charge on any atom is -0.494 e. The highest BCUT2D eigenvalue weighted by atomic mass is 16.5. The van der Waals surface area contributed by atoms with E-state index < -0.39 is 5.97 Å². The maximum absolute atomic E-state index is 11.2. The van der Waals surface area contributed by atoms with Crippen LogP contribution < -0.4 is 4.74 Å². The summed E-state index contributed by atoms with van der Waals surface area (Å²) in [7, 11) is 0. The van der Waals surface area contributed by atoms with Gasteiger partial charge in [0.1, 0.15) is 5.75 Å². The van der Waals surface area contributed by atoms with Crippen molar-refractivity contribution in [3.63, 3.8) is 0 Å². The van der Waals surface area contributed by atoms with Crippen LogP contribution in [0.2, 0.25) is 0 Å². The topological polar surface area (TPSA) is 59.4 Å². The van der Waals surface area contributed by atoms with Crippen LogP contribution in [0.25, 0.3) is 10.9 Å². The third-order valence-corrected chi connectivity index (χ3v) is 3.47. The second-order valence-corrected chi connectivity index (χ2v) is 5.19. The Labute approximate surface area is 124 Å². The summed E-state index contributed by atoms with van der Waals surface area (Å²) in [6.45, 7) is 4.58. The van der Waals surface area contributed by atoms with E-state index in [2.05, 4.69) is 11.9 Å². The van der Waals surface area contributed by atoms with Gasteiger partial charge in [-0.3, -0.25) is 4.98 Å². The van der Waals surface area contributed by atoms with Crippen molar-refractivity contribution in [1.82, 2.24) is 4.98 Å². The van der Waals surface area contributed by atoms with Gasteiger partial charge in [0.25, 0.3) is 0 Å². The average Bonchev–Trinajstić information content (AvgIpc) is 2.46. The van der Waals surface area contributed by atoms with Gasteiger partial charge in [-0.1, -0.05) is 26.2 Å². The summed E-state index contributed by atoms with van der Waals surface area (Å²) in [5.74, 6) is -0.186. The zero-order valence-electron chi connectivity index (χ0n) is 12.6. The lowest BCUT2D eigenvalue weighted by Gasteiger charge is -2.08. The van der Waals surface area contributed by atoms with Crippen molar-refractivity contribution in [2.75, 3.05) is 6.61 Å². The van der Waals surface area contributed by atoms with Crippen molar-refractivity contribution in [3.8, 4) is 5.75 Å². The number of aryl methyl sites for hydroxylation is 1. The number of unbranched alkanes of at least 4 members (excludes halogenated alkanes) is 3. The van der Waals surface area contributed by atoms with E-state index in [0.29, 0.717) is 12.3 Å². The first-order valence-electron chi connectivity index (χ1n) is 7.39. The minimum atomic E-state index is -0.951. The number of carbonyl (C=O) groups is 1. The molecule has 0 saturated heterocycles. The molecule has 0 atom stereocenters. The largest absolute Gasteiger partial charge is 0.494 e. The lowest BCUT2D eigenvalue weighted by molar-refractivity contribution is 0.0696. The van der Waals surface area contributed by atoms with Gasteiger partial charge in [-0.05, 0) is 37.6 Å². The van der Waals surface area contributed by atoms with Gasteiger partial charge in [-0.2, -0.15) is 0 Å². The first-order valence-corrected chi connectivity index (χ1v) is 7.39. The Morgan fingerprint density at radius 3 is 2.76 bits per heavy atom. The summed E-state index contributed by atoms with van der Waals surface area (Å²) < 4.78 is 5.72. The molecule has 4 nitrogen and oxygen atoms in total. The second-order valence-electron chi connectivity index (χ2n) is 5.19. The van der Waals surface area contributed by atoms with Crippen molar-refractivity contribution >= 4 is 16.9 Å². The standard InChI is InChI=1S/C17H21NO3/c1-3-4-5-6-9-21-14-7-8-16-13(10-14)11-15(17(19)20)12(2)18-16/h7-8,10-11H,3-6,9H2,1-2H3,(H,19,20). The Hall–Kier alpha value is -2.10. The molecule has 1 N–H and O–H groups in total. The number of aromatic nitrogens is 1. The van der Waals surface area contributed by atoms with E-state index in [9.17, 15) is 4.79 Å². The van der Waals surface area contributed by atoms with E-state index in [1.165, 1.54) is 19.3 Å². The number of ether oxygens (including phenoxy) is 1. The Morgan fingerprint density at radius 1 is 1.24 bits per heavy atom. The average molecular weight is 287 g/mol. The Bertz CT molecular complexity index is 637. The fourth-order valence-electron chi connectivity index (χ4n) is 2.28. The molecule has 0 bridgehead atoms. The highest BCUT2D eigenvalue weighted by Gasteiger charge is 2.10. The lowest BCUT2D eigenvalue weighted by Crippen LogP contribution is -2.02. The van der Waals surface area contributed by atoms with Crippen LogP contribution in [0, 0.1) is 6.92 Å². The molecule has 0 aliphatic heterocycles. The summed E-state index contributed by atoms with van der Waals surface area (Å²) in [6.07, 6.45) is 4.65. The van der Waals surface area contributed by atoms with Crippen molar-refractivity contribution in [1.29, 1.82) is 0 Å². The summed E-state index contributed by atoms with van der Waals surface area (Å²) in [5.41, 5.74) is 1.56. The van der Waals surface area contributed by atoms with Crippen molar-refractivity contribution in [2.24, 2.45) is 0 Å². The van der Waals surface area contributed by atoms with Gasteiger partial charge in [-0.15, -0.1) is 0 Å². The van der Waals surface area contributed by atoms with Crippen LogP contribution in [0.5, 0.6) is 5.75 Å². The van der Waals surface area contributed by atoms with Gasteiger partial charge in [0.05, 0.1) is 23.4 Å². The van der Waals surface area contributed by atoms with Gasteiger partial charge in [0, 0.05) is 5.39 Å². The van der Waals surface area contributed by atoms with E-state index in [-0.39, 0.29) is 5.56 Å². The normalized spacial score (nSPS) is 10.8. The number of hydrogen-bond donors (Lipinski definition) is 1. The molecule has 21 heavy (non-hydrogen) atoms. The zero-order chi connectivity index (χ0) is 15.2. The molecule has 0 saturated carbocycles. The number of carboxylic acid groups (broad SMARTS) is 1. The monoisotopic (exact) mass is 287 g/mol. The number of rotatable bonds is 7. The molecule has 112 valence electrons. The Balaban J connectivity index is 2.13. The van der Waals surface area contributed by atoms with Crippen LogP contribution in [0.15, 0.2) is 24.3 Å². The van der Waals surface area contributed by atoms with E-state index in [4.69, 9.17) is 9.84 Å².